The van der Waals surface area contributed by atoms with Crippen LogP contribution in [0.25, 0.3) is 0 Å². The number of nitrogens with two attached hydrogens (primary N) is 1. The summed E-state index contributed by atoms with van der Waals surface area (Å²) in [6.07, 6.45) is 4.59. The van der Waals surface area contributed by atoms with Crippen molar-refractivity contribution >= 4 is 17.3 Å². The normalized spacial score (nSPS) is 10.3. The summed E-state index contributed by atoms with van der Waals surface area (Å²) in [4.78, 5) is 21.7. The molecular weight excluding hydrogens is 238 g/mol. The van der Waals surface area contributed by atoms with Crippen LogP contribution in [-0.4, -0.2) is 24.4 Å². The summed E-state index contributed by atoms with van der Waals surface area (Å²) in [5.41, 5.74) is 5.12. The summed E-state index contributed by atoms with van der Waals surface area (Å²) >= 11 is 0. The Hall–Kier alpha value is -2.71. The van der Waals surface area contributed by atoms with Crippen molar-refractivity contribution in [3.05, 3.63) is 34.7 Å². The predicted octanol–water partition coefficient (Wildman–Crippen LogP) is 0.313. The number of rotatable bonds is 4. The number of nitro groups is 1. The highest BCUT2D eigenvalue weighted by Gasteiger charge is 2.20. The Balaban J connectivity index is 2.22. The molecule has 9 heteroatoms. The van der Waals surface area contributed by atoms with Crippen LogP contribution in [0.3, 0.4) is 0 Å². The molecule has 3 N–H and O–H groups in total. The molecule has 18 heavy (non-hydrogen) atoms. The van der Waals surface area contributed by atoms with Crippen molar-refractivity contribution in [2.45, 2.75) is 6.54 Å². The van der Waals surface area contributed by atoms with Gasteiger partial charge in [-0.15, -0.1) is 0 Å². The van der Waals surface area contributed by atoms with E-state index in [2.05, 4.69) is 20.3 Å². The van der Waals surface area contributed by atoms with Crippen LogP contribution < -0.4 is 11.1 Å². The molecule has 0 aromatic carbocycles. The zero-order chi connectivity index (χ0) is 13.1. The second-order valence-electron chi connectivity index (χ2n) is 3.52. The number of hydrogen-bond acceptors (Lipinski definition) is 7. The fraction of sp³-hybridized carbons (Fsp3) is 0.222. The van der Waals surface area contributed by atoms with Crippen LogP contribution in [-0.2, 0) is 13.6 Å². The van der Waals surface area contributed by atoms with Crippen molar-refractivity contribution in [2.75, 3.05) is 11.1 Å². The Bertz CT molecular complexity index is 580. The lowest BCUT2D eigenvalue weighted by Gasteiger charge is -2.06. The molecule has 94 valence electrons. The Labute approximate surface area is 102 Å². The van der Waals surface area contributed by atoms with Gasteiger partial charge in [-0.05, 0) is 0 Å². The van der Waals surface area contributed by atoms with Crippen LogP contribution in [0.15, 0.2) is 18.7 Å². The van der Waals surface area contributed by atoms with Crippen molar-refractivity contribution in [3.8, 4) is 0 Å². The monoisotopic (exact) mass is 249 g/mol. The van der Waals surface area contributed by atoms with Crippen LogP contribution in [0.4, 0.5) is 17.3 Å². The molecule has 9 nitrogen and oxygen atoms in total. The second-order valence-corrected chi connectivity index (χ2v) is 3.52. The molecule has 0 spiro atoms. The SMILES string of the molecule is Cn1ccnc1CNc1ncnc(N)c1[N+](=O)[O-]. The number of nitrogens with one attached hydrogen (secondary N) is 1. The summed E-state index contributed by atoms with van der Waals surface area (Å²) in [6.45, 7) is 0.306. The Kier molecular flexibility index (Phi) is 3.04. The van der Waals surface area contributed by atoms with Crippen LogP contribution in [0.5, 0.6) is 0 Å². The third-order valence-electron chi connectivity index (χ3n) is 2.37. The molecule has 0 atom stereocenters. The van der Waals surface area contributed by atoms with E-state index in [-0.39, 0.29) is 17.3 Å². The highest BCUT2D eigenvalue weighted by Crippen LogP contribution is 2.26. The van der Waals surface area contributed by atoms with Gasteiger partial charge in [0.25, 0.3) is 0 Å². The molecule has 0 aliphatic heterocycles. The van der Waals surface area contributed by atoms with Gasteiger partial charge < -0.3 is 15.6 Å². The average molecular weight is 249 g/mol. The van der Waals surface area contributed by atoms with Crippen LogP contribution >= 0.6 is 0 Å². The zero-order valence-corrected chi connectivity index (χ0v) is 9.57. The van der Waals surface area contributed by atoms with Gasteiger partial charge in [-0.25, -0.2) is 15.0 Å². The van der Waals surface area contributed by atoms with Gasteiger partial charge in [-0.1, -0.05) is 0 Å². The fourth-order valence-corrected chi connectivity index (χ4v) is 1.43. The van der Waals surface area contributed by atoms with E-state index in [1.165, 1.54) is 6.33 Å². The highest BCUT2D eigenvalue weighted by atomic mass is 16.6. The van der Waals surface area contributed by atoms with Crippen molar-refractivity contribution in [2.24, 2.45) is 7.05 Å². The molecule has 2 aromatic rings. The molecule has 0 amide bonds. The average Bonchev–Trinajstić information content (AvgIpc) is 2.71. The molecule has 0 saturated heterocycles. The van der Waals surface area contributed by atoms with Crippen molar-refractivity contribution in [3.63, 3.8) is 0 Å². The smallest absolute Gasteiger partial charge is 0.352 e. The standard InChI is InChI=1S/C9H11N7O2/c1-15-3-2-11-6(15)4-12-9-7(16(17)18)8(10)13-5-14-9/h2-3,5H,4H2,1H3,(H3,10,12,13,14). The largest absolute Gasteiger partial charge is 0.378 e. The van der Waals surface area contributed by atoms with Crippen LogP contribution in [0.1, 0.15) is 5.82 Å². The number of anilines is 2. The molecular formula is C9H11N7O2. The molecule has 0 bridgehead atoms. The molecule has 2 aromatic heterocycles. The zero-order valence-electron chi connectivity index (χ0n) is 9.57. The first-order valence-corrected chi connectivity index (χ1v) is 5.04. The minimum absolute atomic E-state index is 0.0792. The molecule has 0 unspecified atom stereocenters. The van der Waals surface area contributed by atoms with E-state index < -0.39 is 4.92 Å². The molecule has 0 aliphatic carbocycles. The van der Waals surface area contributed by atoms with Gasteiger partial charge in [-0.2, -0.15) is 0 Å². The van der Waals surface area contributed by atoms with E-state index in [1.807, 2.05) is 7.05 Å². The number of nitrogen functional groups attached to an aromatic ring is 1. The third-order valence-corrected chi connectivity index (χ3v) is 2.37. The minimum atomic E-state index is -0.615. The van der Waals surface area contributed by atoms with Crippen molar-refractivity contribution < 1.29 is 4.92 Å². The first-order valence-electron chi connectivity index (χ1n) is 5.04. The van der Waals surface area contributed by atoms with Crippen LogP contribution in [0.2, 0.25) is 0 Å². The maximum atomic E-state index is 10.9. The molecule has 0 aliphatic rings. The number of aromatic nitrogens is 4. The Morgan fingerprint density at radius 2 is 2.28 bits per heavy atom. The van der Waals surface area contributed by atoms with Gasteiger partial charge in [-0.3, -0.25) is 10.1 Å². The van der Waals surface area contributed by atoms with Gasteiger partial charge in [0.2, 0.25) is 11.6 Å². The maximum absolute atomic E-state index is 10.9. The number of imidazole rings is 1. The fourth-order valence-electron chi connectivity index (χ4n) is 1.43. The summed E-state index contributed by atoms with van der Waals surface area (Å²) in [5.74, 6) is 0.634. The van der Waals surface area contributed by atoms with E-state index >= 15 is 0 Å². The predicted molar refractivity (Wildman–Crippen MR) is 63.6 cm³/mol. The maximum Gasteiger partial charge on any atom is 0.352 e. The molecule has 2 heterocycles. The Morgan fingerprint density at radius 3 is 2.89 bits per heavy atom. The van der Waals surface area contributed by atoms with Gasteiger partial charge in [0.1, 0.15) is 12.2 Å². The first kappa shape index (κ1) is 11.8. The van der Waals surface area contributed by atoms with E-state index in [9.17, 15) is 10.1 Å². The quantitative estimate of drug-likeness (QED) is 0.590. The summed E-state index contributed by atoms with van der Waals surface area (Å²) in [7, 11) is 1.83. The van der Waals surface area contributed by atoms with Gasteiger partial charge in [0, 0.05) is 19.4 Å². The number of nitrogens with zero attached hydrogens (tertiary/aromatic N) is 5. The molecule has 0 saturated carbocycles. The lowest BCUT2D eigenvalue weighted by Crippen LogP contribution is -2.10. The van der Waals surface area contributed by atoms with Gasteiger partial charge in [0.05, 0.1) is 11.5 Å². The molecule has 0 radical (unpaired) electrons. The topological polar surface area (TPSA) is 125 Å². The van der Waals surface area contributed by atoms with E-state index in [0.717, 1.165) is 5.82 Å². The van der Waals surface area contributed by atoms with Crippen molar-refractivity contribution in [1.29, 1.82) is 0 Å². The first-order chi connectivity index (χ1) is 8.59. The van der Waals surface area contributed by atoms with Gasteiger partial charge >= 0.3 is 5.69 Å². The third kappa shape index (κ3) is 2.19. The van der Waals surface area contributed by atoms with Crippen LogP contribution in [0, 0.1) is 10.1 Å². The summed E-state index contributed by atoms with van der Waals surface area (Å²) < 4.78 is 1.80. The molecule has 2 rings (SSSR count). The van der Waals surface area contributed by atoms with Crippen molar-refractivity contribution in [1.82, 2.24) is 19.5 Å². The van der Waals surface area contributed by atoms with E-state index in [4.69, 9.17) is 5.73 Å². The lowest BCUT2D eigenvalue weighted by molar-refractivity contribution is -0.383. The number of hydrogen-bond donors (Lipinski definition) is 2. The van der Waals surface area contributed by atoms with Gasteiger partial charge in [0.15, 0.2) is 0 Å². The summed E-state index contributed by atoms with van der Waals surface area (Å²) in [5, 5.41) is 13.7. The summed E-state index contributed by atoms with van der Waals surface area (Å²) in [6, 6.07) is 0. The number of aryl methyl sites for hydroxylation is 1. The second kappa shape index (κ2) is 4.65. The molecule has 0 fully saturated rings. The Morgan fingerprint density at radius 1 is 1.50 bits per heavy atom. The van der Waals surface area contributed by atoms with E-state index in [1.54, 1.807) is 17.0 Å². The minimum Gasteiger partial charge on any atom is -0.378 e. The lowest BCUT2D eigenvalue weighted by atomic mass is 10.4. The van der Waals surface area contributed by atoms with E-state index in [0.29, 0.717) is 6.54 Å². The highest BCUT2D eigenvalue weighted by molar-refractivity contribution is 5.67.